The highest BCUT2D eigenvalue weighted by atomic mass is 19.1. The molecular weight excluding hydrogens is 205 g/mol. The first-order valence-corrected chi connectivity index (χ1v) is 5.33. The third-order valence-electron chi connectivity index (χ3n) is 2.35. The van der Waals surface area contributed by atoms with Crippen LogP contribution in [-0.4, -0.2) is 11.3 Å². The van der Waals surface area contributed by atoms with E-state index in [0.29, 0.717) is 6.42 Å². The maximum atomic E-state index is 13.0. The van der Waals surface area contributed by atoms with E-state index in [-0.39, 0.29) is 18.0 Å². The number of ketones is 1. The fraction of sp³-hybridized carbons (Fsp3) is 0.462. The SMILES string of the molecule is Cc1ccc(F)cc1CC(=O)CC(C)(C)N. The smallest absolute Gasteiger partial charge is 0.139 e. The lowest BCUT2D eigenvalue weighted by molar-refractivity contribution is -0.119. The van der Waals surface area contributed by atoms with E-state index in [4.69, 9.17) is 5.73 Å². The molecule has 0 saturated heterocycles. The standard InChI is InChI=1S/C13H18FNO/c1-9-4-5-11(14)6-10(9)7-12(16)8-13(2,3)15/h4-6H,7-8,15H2,1-3H3. The van der Waals surface area contributed by atoms with Crippen molar-refractivity contribution < 1.29 is 9.18 Å². The fourth-order valence-electron chi connectivity index (χ4n) is 1.61. The Morgan fingerprint density at radius 3 is 2.62 bits per heavy atom. The van der Waals surface area contributed by atoms with E-state index in [1.807, 2.05) is 20.8 Å². The van der Waals surface area contributed by atoms with Gasteiger partial charge in [0.05, 0.1) is 0 Å². The van der Waals surface area contributed by atoms with Crippen LogP contribution in [0.15, 0.2) is 18.2 Å². The molecule has 2 nitrogen and oxygen atoms in total. The number of hydrogen-bond acceptors (Lipinski definition) is 2. The summed E-state index contributed by atoms with van der Waals surface area (Å²) in [6, 6.07) is 4.50. The first-order chi connectivity index (χ1) is 7.28. The molecule has 1 aromatic rings. The van der Waals surface area contributed by atoms with Gasteiger partial charge in [0.15, 0.2) is 0 Å². The highest BCUT2D eigenvalue weighted by molar-refractivity contribution is 5.82. The van der Waals surface area contributed by atoms with Crippen LogP contribution < -0.4 is 5.73 Å². The third kappa shape index (κ3) is 4.11. The monoisotopic (exact) mass is 223 g/mol. The van der Waals surface area contributed by atoms with Crippen LogP contribution in [0.1, 0.15) is 31.4 Å². The second kappa shape index (κ2) is 4.74. The first kappa shape index (κ1) is 12.8. The number of benzene rings is 1. The molecule has 0 atom stereocenters. The molecule has 0 radical (unpaired) electrons. The Morgan fingerprint density at radius 2 is 2.06 bits per heavy atom. The number of carbonyl (C=O) groups excluding carboxylic acids is 1. The number of Topliss-reactive ketones (excluding diaryl/α,β-unsaturated/α-hetero) is 1. The van der Waals surface area contributed by atoms with Gasteiger partial charge in [0.2, 0.25) is 0 Å². The van der Waals surface area contributed by atoms with E-state index >= 15 is 0 Å². The van der Waals surface area contributed by atoms with Gasteiger partial charge in [-0.2, -0.15) is 0 Å². The molecular formula is C13H18FNO. The van der Waals surface area contributed by atoms with Gasteiger partial charge in [0.25, 0.3) is 0 Å². The van der Waals surface area contributed by atoms with Gasteiger partial charge in [0.1, 0.15) is 11.6 Å². The van der Waals surface area contributed by atoms with Crippen molar-refractivity contribution in [3.8, 4) is 0 Å². The van der Waals surface area contributed by atoms with Crippen molar-refractivity contribution in [1.29, 1.82) is 0 Å². The van der Waals surface area contributed by atoms with Gasteiger partial charge in [0, 0.05) is 18.4 Å². The summed E-state index contributed by atoms with van der Waals surface area (Å²) in [7, 11) is 0. The van der Waals surface area contributed by atoms with E-state index in [0.717, 1.165) is 11.1 Å². The van der Waals surface area contributed by atoms with Crippen molar-refractivity contribution in [3.05, 3.63) is 35.1 Å². The summed E-state index contributed by atoms with van der Waals surface area (Å²) in [6.07, 6.45) is 0.563. The molecule has 16 heavy (non-hydrogen) atoms. The molecule has 0 heterocycles. The molecule has 0 bridgehead atoms. The van der Waals surface area contributed by atoms with Crippen molar-refractivity contribution in [2.45, 2.75) is 39.2 Å². The third-order valence-corrected chi connectivity index (χ3v) is 2.35. The average Bonchev–Trinajstić information content (AvgIpc) is 2.08. The molecule has 0 aromatic heterocycles. The lowest BCUT2D eigenvalue weighted by Crippen LogP contribution is -2.35. The van der Waals surface area contributed by atoms with Crippen LogP contribution >= 0.6 is 0 Å². The Hall–Kier alpha value is -1.22. The minimum absolute atomic E-state index is 0.0428. The Kier molecular flexibility index (Phi) is 3.81. The highest BCUT2D eigenvalue weighted by Crippen LogP contribution is 2.14. The lowest BCUT2D eigenvalue weighted by Gasteiger charge is -2.17. The van der Waals surface area contributed by atoms with Gasteiger partial charge >= 0.3 is 0 Å². The largest absolute Gasteiger partial charge is 0.325 e. The van der Waals surface area contributed by atoms with Gasteiger partial charge in [-0.15, -0.1) is 0 Å². The molecule has 0 amide bonds. The van der Waals surface area contributed by atoms with Crippen LogP contribution in [-0.2, 0) is 11.2 Å². The Balaban J connectivity index is 2.73. The van der Waals surface area contributed by atoms with Crippen LogP contribution in [0.4, 0.5) is 4.39 Å². The van der Waals surface area contributed by atoms with E-state index in [1.165, 1.54) is 12.1 Å². The summed E-state index contributed by atoms with van der Waals surface area (Å²) < 4.78 is 13.0. The van der Waals surface area contributed by atoms with Gasteiger partial charge in [-0.25, -0.2) is 4.39 Å². The van der Waals surface area contributed by atoms with Crippen LogP contribution in [0.5, 0.6) is 0 Å². The molecule has 2 N–H and O–H groups in total. The summed E-state index contributed by atoms with van der Waals surface area (Å²) in [5, 5.41) is 0. The van der Waals surface area contributed by atoms with E-state index in [1.54, 1.807) is 6.07 Å². The second-order valence-corrected chi connectivity index (χ2v) is 4.95. The van der Waals surface area contributed by atoms with Crippen molar-refractivity contribution in [3.63, 3.8) is 0 Å². The quantitative estimate of drug-likeness (QED) is 0.851. The minimum Gasteiger partial charge on any atom is -0.325 e. The van der Waals surface area contributed by atoms with E-state index in [9.17, 15) is 9.18 Å². The molecule has 0 aliphatic rings. The predicted molar refractivity (Wildman–Crippen MR) is 62.7 cm³/mol. The maximum absolute atomic E-state index is 13.0. The van der Waals surface area contributed by atoms with Gasteiger partial charge in [-0.05, 0) is 44.0 Å². The molecule has 1 rings (SSSR count). The van der Waals surface area contributed by atoms with Crippen molar-refractivity contribution in [1.82, 2.24) is 0 Å². The summed E-state index contributed by atoms with van der Waals surface area (Å²) in [5.74, 6) is -0.262. The zero-order valence-electron chi connectivity index (χ0n) is 10.0. The molecule has 0 saturated carbocycles. The molecule has 0 spiro atoms. The highest BCUT2D eigenvalue weighted by Gasteiger charge is 2.17. The molecule has 0 aliphatic carbocycles. The Morgan fingerprint density at radius 1 is 1.44 bits per heavy atom. The van der Waals surface area contributed by atoms with Crippen LogP contribution in [0.3, 0.4) is 0 Å². The van der Waals surface area contributed by atoms with Gasteiger partial charge in [-0.3, -0.25) is 4.79 Å². The molecule has 1 aromatic carbocycles. The van der Waals surface area contributed by atoms with Crippen LogP contribution in [0.2, 0.25) is 0 Å². The van der Waals surface area contributed by atoms with E-state index in [2.05, 4.69) is 0 Å². The lowest BCUT2D eigenvalue weighted by atomic mass is 9.94. The predicted octanol–water partition coefficient (Wildman–Crippen LogP) is 2.37. The summed E-state index contributed by atoms with van der Waals surface area (Å²) in [5.41, 5.74) is 6.94. The molecule has 0 fully saturated rings. The van der Waals surface area contributed by atoms with Crippen molar-refractivity contribution >= 4 is 5.78 Å². The molecule has 0 unspecified atom stereocenters. The second-order valence-electron chi connectivity index (χ2n) is 4.95. The number of halogens is 1. The average molecular weight is 223 g/mol. The number of nitrogens with two attached hydrogens (primary N) is 1. The summed E-state index contributed by atoms with van der Waals surface area (Å²) in [6.45, 7) is 5.49. The van der Waals surface area contributed by atoms with Gasteiger partial charge in [-0.1, -0.05) is 6.07 Å². The maximum Gasteiger partial charge on any atom is 0.139 e. The van der Waals surface area contributed by atoms with Crippen molar-refractivity contribution in [2.24, 2.45) is 5.73 Å². The minimum atomic E-state index is -0.502. The first-order valence-electron chi connectivity index (χ1n) is 5.33. The summed E-state index contributed by atoms with van der Waals surface area (Å²) in [4.78, 5) is 11.7. The van der Waals surface area contributed by atoms with Crippen molar-refractivity contribution in [2.75, 3.05) is 0 Å². The molecule has 88 valence electrons. The molecule has 3 heteroatoms. The number of aryl methyl sites for hydroxylation is 1. The normalized spacial score (nSPS) is 11.6. The zero-order valence-corrected chi connectivity index (χ0v) is 10.0. The Bertz CT molecular complexity index is 393. The van der Waals surface area contributed by atoms with Gasteiger partial charge < -0.3 is 5.73 Å². The zero-order chi connectivity index (χ0) is 12.3. The number of hydrogen-bond donors (Lipinski definition) is 1. The van der Waals surface area contributed by atoms with E-state index < -0.39 is 5.54 Å². The fourth-order valence-corrected chi connectivity index (χ4v) is 1.61. The summed E-state index contributed by atoms with van der Waals surface area (Å²) >= 11 is 0. The Labute approximate surface area is 95.7 Å². The molecule has 0 aliphatic heterocycles. The topological polar surface area (TPSA) is 43.1 Å². The van der Waals surface area contributed by atoms with Crippen LogP contribution in [0, 0.1) is 12.7 Å². The van der Waals surface area contributed by atoms with Crippen LogP contribution in [0.25, 0.3) is 0 Å². The number of carbonyl (C=O) groups is 1. The number of rotatable bonds is 4.